The first-order valence-corrected chi connectivity index (χ1v) is 26.1. The number of ether oxygens (including phenoxy) is 4. The number of carbonyl (C=O) groups is 3. The van der Waals surface area contributed by atoms with Crippen molar-refractivity contribution in [2.75, 3.05) is 71.1 Å². The second-order valence-electron chi connectivity index (χ2n) is 21.9. The number of rotatable bonds is 7. The van der Waals surface area contributed by atoms with Crippen molar-refractivity contribution in [2.24, 2.45) is 17.3 Å². The Balaban J connectivity index is 1.14. The van der Waals surface area contributed by atoms with E-state index in [1.165, 1.54) is 17.9 Å². The number of pyridine rings is 1. The molecule has 70 heavy (non-hydrogen) atoms. The summed E-state index contributed by atoms with van der Waals surface area (Å²) in [6.45, 7) is 19.4. The van der Waals surface area contributed by atoms with E-state index in [4.69, 9.17) is 23.9 Å². The quantitative estimate of drug-likeness (QED) is 0.175. The molecular weight excluding hydrogens is 885 g/mol. The van der Waals surface area contributed by atoms with E-state index in [0.717, 1.165) is 101 Å². The number of esters is 1. The maximum absolute atomic E-state index is 14.8. The van der Waals surface area contributed by atoms with Crippen LogP contribution in [0, 0.1) is 17.3 Å². The zero-order valence-electron chi connectivity index (χ0n) is 42.4. The van der Waals surface area contributed by atoms with Crippen LogP contribution in [0.15, 0.2) is 48.7 Å². The van der Waals surface area contributed by atoms with E-state index < -0.39 is 29.6 Å². The number of carbonyl (C=O) groups excluding carboxylic acids is 3. The van der Waals surface area contributed by atoms with Gasteiger partial charge in [0.1, 0.15) is 30.5 Å². The molecule has 2 aromatic heterocycles. The number of methoxy groups -OCH3 is 1. The number of hydrogen-bond donors (Lipinski definition) is 3. The first kappa shape index (κ1) is 48.6. The fourth-order valence-electron chi connectivity index (χ4n) is 11.6. The fraction of sp³-hybridized carbons (Fsp3) is 0.600. The summed E-state index contributed by atoms with van der Waals surface area (Å²) in [7, 11) is 1.74. The second kappa shape index (κ2) is 20.2. The van der Waals surface area contributed by atoms with Crippen molar-refractivity contribution in [2.45, 2.75) is 129 Å². The summed E-state index contributed by atoms with van der Waals surface area (Å²) in [5.74, 6) is -0.354. The number of nitrogens with zero attached hydrogens (tertiary/aromatic N) is 5. The lowest BCUT2D eigenvalue weighted by atomic mass is 9.84. The van der Waals surface area contributed by atoms with Gasteiger partial charge < -0.3 is 39.0 Å². The highest BCUT2D eigenvalue weighted by Gasteiger charge is 2.39. The van der Waals surface area contributed by atoms with Gasteiger partial charge in [0.2, 0.25) is 5.91 Å². The van der Waals surface area contributed by atoms with Crippen molar-refractivity contribution in [3.8, 4) is 28.1 Å². The Labute approximate surface area is 413 Å². The Morgan fingerprint density at radius 2 is 1.71 bits per heavy atom. The van der Waals surface area contributed by atoms with Gasteiger partial charge in [0, 0.05) is 92.7 Å². The highest BCUT2D eigenvalue weighted by Crippen LogP contribution is 2.44. The standard InChI is InChI=1S/C55H74N8O7/c1-8-62-48-14-11-36-26-42(48)44(50(62)43-27-40(29-57-49(43)34(4)67-7)61-20-18-60(19-21-61)39-12-13-39)28-55(5,6)32-70-54(66)45-10-9-17-63(59-45)53(65)46-24-35-22-38(36)25-41(23-35)68-31-47-37(15-16-56-47)30-69-51(33(2)3)52(64)58-46/h11,14,22-23,25-27,29,33-34,37,39,45-47,51,56,59H,8-10,12-13,15-21,24,28,30-32H2,1-7H3,(H,58,64)/t34-,37+,45-,46-,47+,51?/m0/s1. The van der Waals surface area contributed by atoms with Gasteiger partial charge in [-0.1, -0.05) is 39.8 Å². The Bertz CT molecular complexity index is 2580. The summed E-state index contributed by atoms with van der Waals surface area (Å²) < 4.78 is 27.9. The molecule has 6 aliphatic rings. The number of hydrogen-bond acceptors (Lipinski definition) is 12. The van der Waals surface area contributed by atoms with Gasteiger partial charge in [-0.15, -0.1) is 0 Å². The van der Waals surface area contributed by atoms with Gasteiger partial charge in [-0.2, -0.15) is 0 Å². The van der Waals surface area contributed by atoms with Gasteiger partial charge >= 0.3 is 5.97 Å². The van der Waals surface area contributed by atoms with Crippen LogP contribution in [0.1, 0.15) is 96.6 Å². The lowest BCUT2D eigenvalue weighted by molar-refractivity contribution is -0.156. The molecule has 7 heterocycles. The molecule has 1 unspecified atom stereocenters. The number of hydrazine groups is 1. The van der Waals surface area contributed by atoms with Gasteiger partial charge in [-0.3, -0.25) is 29.3 Å². The highest BCUT2D eigenvalue weighted by atomic mass is 16.5. The molecule has 3 saturated heterocycles. The molecule has 4 aromatic rings. The van der Waals surface area contributed by atoms with E-state index >= 15 is 0 Å². The van der Waals surface area contributed by atoms with E-state index in [1.807, 2.05) is 26.1 Å². The van der Waals surface area contributed by atoms with Crippen molar-refractivity contribution in [1.82, 2.24) is 35.5 Å². The third-order valence-electron chi connectivity index (χ3n) is 15.8. The van der Waals surface area contributed by atoms with Crippen LogP contribution in [-0.2, 0) is 48.0 Å². The number of cyclic esters (lactones) is 1. The summed E-state index contributed by atoms with van der Waals surface area (Å²) >= 11 is 0. The molecule has 3 N–H and O–H groups in total. The maximum Gasteiger partial charge on any atom is 0.324 e. The summed E-state index contributed by atoms with van der Waals surface area (Å²) in [5, 5.41) is 9.37. The SMILES string of the molecule is CCn1c(-c2cc(N3CCN(C4CC4)CC3)cnc2[C@H](C)OC)c2c3cc(ccc31)-c1cc3cc(c1)OC[C@H]1NCC[C@@H]1COC(C(C)C)C(=O)N[C@@H](C3)C(=O)N1CCC[C@H](N1)C(=O)OCC(C)(C)C2. The average molecular weight is 959 g/mol. The molecule has 15 nitrogen and oxygen atoms in total. The van der Waals surface area contributed by atoms with Crippen LogP contribution in [0.5, 0.6) is 5.75 Å². The van der Waals surface area contributed by atoms with Crippen molar-refractivity contribution in [3.63, 3.8) is 0 Å². The number of amides is 2. The van der Waals surface area contributed by atoms with Crippen molar-refractivity contribution in [1.29, 1.82) is 0 Å². The van der Waals surface area contributed by atoms with Crippen LogP contribution in [0.2, 0.25) is 0 Å². The lowest BCUT2D eigenvalue weighted by Crippen LogP contribution is -2.61. The summed E-state index contributed by atoms with van der Waals surface area (Å²) in [4.78, 5) is 53.5. The Morgan fingerprint density at radius 1 is 0.900 bits per heavy atom. The number of piperazine rings is 1. The van der Waals surface area contributed by atoms with Gasteiger partial charge in [-0.25, -0.2) is 5.43 Å². The first-order valence-electron chi connectivity index (χ1n) is 26.1. The van der Waals surface area contributed by atoms with E-state index in [2.05, 4.69) is 94.5 Å². The van der Waals surface area contributed by atoms with E-state index in [0.29, 0.717) is 51.3 Å². The van der Waals surface area contributed by atoms with Crippen LogP contribution in [0.25, 0.3) is 33.3 Å². The van der Waals surface area contributed by atoms with Gasteiger partial charge in [0.05, 0.1) is 42.6 Å². The van der Waals surface area contributed by atoms with Crippen LogP contribution in [0.3, 0.4) is 0 Å². The highest BCUT2D eigenvalue weighted by molar-refractivity contribution is 5.96. The third kappa shape index (κ3) is 10.1. The van der Waals surface area contributed by atoms with Crippen molar-refractivity contribution < 1.29 is 33.3 Å². The minimum Gasteiger partial charge on any atom is -0.492 e. The summed E-state index contributed by atoms with van der Waals surface area (Å²) in [6, 6.07) is 14.4. The number of benzene rings is 2. The molecule has 1 saturated carbocycles. The first-order chi connectivity index (χ1) is 33.8. The third-order valence-corrected chi connectivity index (χ3v) is 15.8. The number of anilines is 1. The summed E-state index contributed by atoms with van der Waals surface area (Å²) in [5.41, 5.74) is 11.9. The maximum atomic E-state index is 14.8. The Kier molecular flexibility index (Phi) is 14.0. The molecular formula is C55H74N8O7. The Hall–Kier alpha value is -5.06. The zero-order chi connectivity index (χ0) is 48.8. The molecule has 0 radical (unpaired) electrons. The number of aryl methyl sites for hydroxylation is 1. The van der Waals surface area contributed by atoms with E-state index in [1.54, 1.807) is 7.11 Å². The summed E-state index contributed by atoms with van der Waals surface area (Å²) in [6.07, 6.45) is 6.41. The van der Waals surface area contributed by atoms with Gasteiger partial charge in [0.15, 0.2) is 0 Å². The number of aromatic nitrogens is 2. The molecule has 15 heteroatoms. The minimum absolute atomic E-state index is 0.0455. The molecule has 4 fully saturated rings. The monoisotopic (exact) mass is 959 g/mol. The fourth-order valence-corrected chi connectivity index (χ4v) is 11.6. The van der Waals surface area contributed by atoms with E-state index in [-0.39, 0.29) is 48.8 Å². The molecule has 2 aromatic carbocycles. The van der Waals surface area contributed by atoms with Crippen molar-refractivity contribution in [3.05, 3.63) is 65.5 Å². The van der Waals surface area contributed by atoms with Crippen LogP contribution in [-0.4, -0.2) is 134 Å². The van der Waals surface area contributed by atoms with Crippen molar-refractivity contribution >= 4 is 34.4 Å². The van der Waals surface area contributed by atoms with E-state index in [9.17, 15) is 14.4 Å². The average Bonchev–Trinajstić information content (AvgIpc) is 4.05. The second-order valence-corrected chi connectivity index (χ2v) is 21.9. The smallest absolute Gasteiger partial charge is 0.324 e. The lowest BCUT2D eigenvalue weighted by Gasteiger charge is -2.36. The minimum atomic E-state index is -0.963. The predicted octanol–water partition coefficient (Wildman–Crippen LogP) is 6.44. The largest absolute Gasteiger partial charge is 0.492 e. The molecule has 8 bridgehead atoms. The van der Waals surface area contributed by atoms with Gasteiger partial charge in [-0.05, 0) is 117 Å². The number of nitrogens with one attached hydrogen (secondary N) is 3. The molecule has 5 aliphatic heterocycles. The Morgan fingerprint density at radius 3 is 2.47 bits per heavy atom. The molecule has 2 amide bonds. The normalized spacial score (nSPS) is 26.4. The molecule has 6 atom stereocenters. The van der Waals surface area contributed by atoms with Gasteiger partial charge in [0.25, 0.3) is 5.91 Å². The predicted molar refractivity (Wildman–Crippen MR) is 270 cm³/mol. The topological polar surface area (TPSA) is 152 Å². The molecule has 1 aliphatic carbocycles. The van der Waals surface area contributed by atoms with Crippen LogP contribution in [0.4, 0.5) is 5.69 Å². The number of fused-ring (bicyclic) bond motifs is 8. The molecule has 10 rings (SSSR count). The molecule has 0 spiro atoms. The van der Waals surface area contributed by atoms with Crippen LogP contribution < -0.4 is 25.7 Å². The van der Waals surface area contributed by atoms with Crippen LogP contribution >= 0.6 is 0 Å². The zero-order valence-corrected chi connectivity index (χ0v) is 42.4. The molecule has 376 valence electrons.